The number of thiophene rings is 1. The monoisotopic (exact) mass is 359 g/mol. The van der Waals surface area contributed by atoms with Gasteiger partial charge in [-0.05, 0) is 17.5 Å². The third kappa shape index (κ3) is 2.96. The van der Waals surface area contributed by atoms with Crippen molar-refractivity contribution in [2.24, 2.45) is 7.05 Å². The van der Waals surface area contributed by atoms with E-state index in [0.717, 1.165) is 10.4 Å². The Morgan fingerprint density at radius 1 is 1.40 bits per heavy atom. The van der Waals surface area contributed by atoms with Crippen LogP contribution in [0.15, 0.2) is 34.6 Å². The standard InChI is InChI=1S/C16H13N3O5S/c1-19-9-5-8(10-3-2-4-25-10)6-17-13(9)14(22)12(16(19)24)15(23)18-7-11(20)21/h2-6,22H,7H2,1H3,(H,18,23)(H,20,21). The Balaban J connectivity index is 2.16. The van der Waals surface area contributed by atoms with Crippen molar-refractivity contribution in [3.63, 3.8) is 0 Å². The average Bonchev–Trinajstić information content (AvgIpc) is 3.12. The molecular formula is C16H13N3O5S. The molecule has 3 aromatic heterocycles. The van der Waals surface area contributed by atoms with Gasteiger partial charge in [0.25, 0.3) is 11.5 Å². The number of nitrogens with one attached hydrogen (secondary N) is 1. The molecule has 128 valence electrons. The molecule has 0 aliphatic heterocycles. The molecule has 0 spiro atoms. The predicted molar refractivity (Wildman–Crippen MR) is 91.9 cm³/mol. The summed E-state index contributed by atoms with van der Waals surface area (Å²) in [5.74, 6) is -2.80. The largest absolute Gasteiger partial charge is 0.505 e. The van der Waals surface area contributed by atoms with E-state index in [1.165, 1.54) is 29.1 Å². The van der Waals surface area contributed by atoms with E-state index in [0.29, 0.717) is 5.52 Å². The van der Waals surface area contributed by atoms with Crippen LogP contribution in [0.1, 0.15) is 10.4 Å². The molecule has 3 aromatic rings. The molecule has 0 aliphatic rings. The average molecular weight is 359 g/mol. The van der Waals surface area contributed by atoms with Crippen molar-refractivity contribution in [2.45, 2.75) is 0 Å². The molecule has 0 radical (unpaired) electrons. The molecule has 0 aromatic carbocycles. The summed E-state index contributed by atoms with van der Waals surface area (Å²) in [6, 6.07) is 5.49. The van der Waals surface area contributed by atoms with Gasteiger partial charge in [0.1, 0.15) is 17.6 Å². The van der Waals surface area contributed by atoms with Gasteiger partial charge < -0.3 is 20.1 Å². The lowest BCUT2D eigenvalue weighted by molar-refractivity contribution is -0.135. The number of nitrogens with zero attached hydrogens (tertiary/aromatic N) is 2. The number of pyridine rings is 2. The number of aromatic hydroxyl groups is 1. The molecule has 0 aliphatic carbocycles. The highest BCUT2D eigenvalue weighted by Crippen LogP contribution is 2.30. The van der Waals surface area contributed by atoms with Crippen LogP contribution in [0.3, 0.4) is 0 Å². The third-order valence-corrected chi connectivity index (χ3v) is 4.56. The Kier molecular flexibility index (Phi) is 4.24. The molecule has 0 fully saturated rings. The lowest BCUT2D eigenvalue weighted by Crippen LogP contribution is -2.35. The Morgan fingerprint density at radius 3 is 2.80 bits per heavy atom. The van der Waals surface area contributed by atoms with Crippen LogP contribution in [0.25, 0.3) is 21.5 Å². The lowest BCUT2D eigenvalue weighted by atomic mass is 10.1. The predicted octanol–water partition coefficient (Wildman–Crippen LogP) is 1.18. The number of carbonyl (C=O) groups excluding carboxylic acids is 1. The van der Waals surface area contributed by atoms with E-state index < -0.39 is 35.3 Å². The van der Waals surface area contributed by atoms with Gasteiger partial charge in [0, 0.05) is 23.7 Å². The van der Waals surface area contributed by atoms with Crippen LogP contribution in [0.4, 0.5) is 0 Å². The Hall–Kier alpha value is -3.20. The van der Waals surface area contributed by atoms with Crippen LogP contribution in [0.5, 0.6) is 5.75 Å². The Morgan fingerprint density at radius 2 is 2.16 bits per heavy atom. The van der Waals surface area contributed by atoms with Crippen molar-refractivity contribution < 1.29 is 19.8 Å². The van der Waals surface area contributed by atoms with E-state index in [4.69, 9.17) is 5.11 Å². The maximum atomic E-state index is 12.5. The molecular weight excluding hydrogens is 346 g/mol. The first-order valence-electron chi connectivity index (χ1n) is 7.15. The number of fused-ring (bicyclic) bond motifs is 1. The molecule has 25 heavy (non-hydrogen) atoms. The number of hydrogen-bond donors (Lipinski definition) is 3. The quantitative estimate of drug-likeness (QED) is 0.643. The van der Waals surface area contributed by atoms with Gasteiger partial charge in [0.2, 0.25) is 0 Å². The van der Waals surface area contributed by atoms with Gasteiger partial charge in [-0.1, -0.05) is 6.07 Å². The second-order valence-electron chi connectivity index (χ2n) is 5.23. The molecule has 0 saturated heterocycles. The SMILES string of the molecule is Cn1c(=O)c(C(=O)NCC(=O)O)c(O)c2ncc(-c3cccs3)cc21. The van der Waals surface area contributed by atoms with E-state index in [1.54, 1.807) is 6.07 Å². The number of rotatable bonds is 4. The van der Waals surface area contributed by atoms with Crippen LogP contribution in [-0.2, 0) is 11.8 Å². The van der Waals surface area contributed by atoms with Crippen LogP contribution in [0, 0.1) is 0 Å². The number of aromatic nitrogens is 2. The minimum Gasteiger partial charge on any atom is -0.505 e. The van der Waals surface area contributed by atoms with Crippen molar-refractivity contribution in [3.05, 3.63) is 45.7 Å². The first-order chi connectivity index (χ1) is 11.9. The molecule has 3 rings (SSSR count). The van der Waals surface area contributed by atoms with Gasteiger partial charge in [-0.25, -0.2) is 0 Å². The van der Waals surface area contributed by atoms with Gasteiger partial charge in [0.05, 0.1) is 5.52 Å². The van der Waals surface area contributed by atoms with E-state index in [2.05, 4.69) is 10.3 Å². The second-order valence-corrected chi connectivity index (χ2v) is 6.18. The summed E-state index contributed by atoms with van der Waals surface area (Å²) in [6.45, 7) is -0.662. The lowest BCUT2D eigenvalue weighted by Gasteiger charge is -2.11. The molecule has 8 nitrogen and oxygen atoms in total. The smallest absolute Gasteiger partial charge is 0.322 e. The zero-order chi connectivity index (χ0) is 18.1. The zero-order valence-corrected chi connectivity index (χ0v) is 13.8. The highest BCUT2D eigenvalue weighted by atomic mass is 32.1. The van der Waals surface area contributed by atoms with Crippen molar-refractivity contribution in [3.8, 4) is 16.2 Å². The zero-order valence-electron chi connectivity index (χ0n) is 13.0. The van der Waals surface area contributed by atoms with Crippen molar-refractivity contribution in [2.75, 3.05) is 6.54 Å². The highest BCUT2D eigenvalue weighted by Gasteiger charge is 2.22. The number of amides is 1. The molecule has 3 heterocycles. The second kappa shape index (κ2) is 6.36. The molecule has 9 heteroatoms. The first kappa shape index (κ1) is 16.7. The van der Waals surface area contributed by atoms with Crippen LogP contribution < -0.4 is 10.9 Å². The van der Waals surface area contributed by atoms with E-state index in [-0.39, 0.29) is 5.52 Å². The van der Waals surface area contributed by atoms with Gasteiger partial charge in [0.15, 0.2) is 5.75 Å². The molecule has 3 N–H and O–H groups in total. The summed E-state index contributed by atoms with van der Waals surface area (Å²) >= 11 is 1.51. The summed E-state index contributed by atoms with van der Waals surface area (Å²) in [5, 5.41) is 22.9. The maximum Gasteiger partial charge on any atom is 0.322 e. The van der Waals surface area contributed by atoms with E-state index in [1.807, 2.05) is 17.5 Å². The van der Waals surface area contributed by atoms with E-state index in [9.17, 15) is 19.5 Å². The number of hydrogen-bond acceptors (Lipinski definition) is 6. The van der Waals surface area contributed by atoms with Crippen molar-refractivity contribution in [1.82, 2.24) is 14.9 Å². The molecule has 0 bridgehead atoms. The fourth-order valence-electron chi connectivity index (χ4n) is 2.41. The Labute approximate surface area is 145 Å². The summed E-state index contributed by atoms with van der Waals surface area (Å²) in [5.41, 5.74) is -0.0447. The summed E-state index contributed by atoms with van der Waals surface area (Å²) in [4.78, 5) is 40.2. The summed E-state index contributed by atoms with van der Waals surface area (Å²) in [6.07, 6.45) is 1.54. The van der Waals surface area contributed by atoms with Gasteiger partial charge >= 0.3 is 5.97 Å². The number of carboxylic acids is 1. The molecule has 1 amide bonds. The van der Waals surface area contributed by atoms with Crippen LogP contribution >= 0.6 is 11.3 Å². The fraction of sp³-hybridized carbons (Fsp3) is 0.125. The highest BCUT2D eigenvalue weighted by molar-refractivity contribution is 7.13. The number of carbonyl (C=O) groups is 2. The summed E-state index contributed by atoms with van der Waals surface area (Å²) < 4.78 is 1.20. The molecule has 0 atom stereocenters. The van der Waals surface area contributed by atoms with Gasteiger partial charge in [-0.2, -0.15) is 0 Å². The fourth-order valence-corrected chi connectivity index (χ4v) is 3.12. The normalized spacial score (nSPS) is 10.8. The van der Waals surface area contributed by atoms with Gasteiger partial charge in [-0.15, -0.1) is 11.3 Å². The van der Waals surface area contributed by atoms with Crippen LogP contribution in [-0.4, -0.2) is 38.2 Å². The van der Waals surface area contributed by atoms with E-state index >= 15 is 0 Å². The summed E-state index contributed by atoms with van der Waals surface area (Å²) in [7, 11) is 1.46. The van der Waals surface area contributed by atoms with Crippen LogP contribution in [0.2, 0.25) is 0 Å². The topological polar surface area (TPSA) is 122 Å². The maximum absolute atomic E-state index is 12.5. The van der Waals surface area contributed by atoms with Crippen molar-refractivity contribution in [1.29, 1.82) is 0 Å². The number of carboxylic acid groups (broad SMARTS) is 1. The van der Waals surface area contributed by atoms with Gasteiger partial charge in [-0.3, -0.25) is 19.4 Å². The number of aliphatic carboxylic acids is 1. The Bertz CT molecular complexity index is 1040. The minimum atomic E-state index is -1.26. The van der Waals surface area contributed by atoms with Crippen molar-refractivity contribution >= 4 is 34.2 Å². The molecule has 0 saturated carbocycles. The molecule has 0 unspecified atom stereocenters. The minimum absolute atomic E-state index is 0.0860. The first-order valence-corrected chi connectivity index (χ1v) is 8.03. The third-order valence-electron chi connectivity index (χ3n) is 3.64. The number of aryl methyl sites for hydroxylation is 1.